The minimum atomic E-state index is 0.695. The van der Waals surface area contributed by atoms with E-state index in [1.807, 2.05) is 0 Å². The Balaban J connectivity index is 2.27. The van der Waals surface area contributed by atoms with Crippen molar-refractivity contribution in [1.82, 2.24) is 9.88 Å². The lowest BCUT2D eigenvalue weighted by molar-refractivity contribution is 0.751. The highest BCUT2D eigenvalue weighted by Crippen LogP contribution is 2.34. The summed E-state index contributed by atoms with van der Waals surface area (Å²) in [6.45, 7) is 6.72. The lowest BCUT2D eigenvalue weighted by atomic mass is 9.95. The molecule has 1 saturated heterocycles. The number of nitrogens with zero attached hydrogens (tertiary/aromatic N) is 1. The number of aromatic nitrogens is 1. The van der Waals surface area contributed by atoms with Crippen LogP contribution in [0.4, 0.5) is 0 Å². The molecule has 17 heavy (non-hydrogen) atoms. The summed E-state index contributed by atoms with van der Waals surface area (Å²) in [6, 6.07) is 6.80. The van der Waals surface area contributed by atoms with E-state index in [0.29, 0.717) is 5.92 Å². The van der Waals surface area contributed by atoms with Crippen molar-refractivity contribution in [2.45, 2.75) is 26.2 Å². The third-order valence-electron chi connectivity index (χ3n) is 4.17. The van der Waals surface area contributed by atoms with Gasteiger partial charge in [0.15, 0.2) is 0 Å². The first kappa shape index (κ1) is 10.8. The Hall–Kier alpha value is -1.28. The molecule has 1 aromatic carbocycles. The molecule has 1 fully saturated rings. The summed E-state index contributed by atoms with van der Waals surface area (Å²) in [5.74, 6) is 0.695. The molecule has 1 aromatic heterocycles. The Morgan fingerprint density at radius 3 is 2.82 bits per heavy atom. The molecule has 1 unspecified atom stereocenters. The Morgan fingerprint density at radius 2 is 2.12 bits per heavy atom. The molecule has 1 aliphatic rings. The summed E-state index contributed by atoms with van der Waals surface area (Å²) in [6.07, 6.45) is 1.27. The lowest BCUT2D eigenvalue weighted by Crippen LogP contribution is -2.08. The molecule has 0 saturated carbocycles. The fraction of sp³-hybridized carbons (Fsp3) is 0.467. The van der Waals surface area contributed by atoms with Crippen molar-refractivity contribution in [3.05, 3.63) is 35.0 Å². The van der Waals surface area contributed by atoms with E-state index in [4.69, 9.17) is 0 Å². The highest BCUT2D eigenvalue weighted by molar-refractivity contribution is 5.86. The van der Waals surface area contributed by atoms with E-state index >= 15 is 0 Å². The Morgan fingerprint density at radius 1 is 1.29 bits per heavy atom. The molecule has 2 nitrogen and oxygen atoms in total. The largest absolute Gasteiger partial charge is 0.348 e. The lowest BCUT2D eigenvalue weighted by Gasteiger charge is -2.09. The standard InChI is InChI=1S/C15H20N2/c1-10-4-5-14-13(8-10)15(11(2)17(14)3)12-6-7-16-9-12/h4-5,8,12,16H,6-7,9H2,1-3H3. The highest BCUT2D eigenvalue weighted by atomic mass is 15.0. The summed E-state index contributed by atoms with van der Waals surface area (Å²) in [5.41, 5.74) is 5.72. The maximum absolute atomic E-state index is 3.48. The van der Waals surface area contributed by atoms with Crippen molar-refractivity contribution in [2.75, 3.05) is 13.1 Å². The van der Waals surface area contributed by atoms with Crippen molar-refractivity contribution < 1.29 is 0 Å². The number of hydrogen-bond donors (Lipinski definition) is 1. The van der Waals surface area contributed by atoms with Crippen LogP contribution in [0.2, 0.25) is 0 Å². The van der Waals surface area contributed by atoms with Crippen LogP contribution < -0.4 is 5.32 Å². The van der Waals surface area contributed by atoms with Gasteiger partial charge in [0.1, 0.15) is 0 Å². The van der Waals surface area contributed by atoms with E-state index in [1.54, 1.807) is 5.56 Å². The molecule has 1 aliphatic heterocycles. The van der Waals surface area contributed by atoms with Gasteiger partial charge in [0, 0.05) is 30.2 Å². The van der Waals surface area contributed by atoms with Crippen molar-refractivity contribution in [2.24, 2.45) is 7.05 Å². The van der Waals surface area contributed by atoms with E-state index in [0.717, 1.165) is 13.1 Å². The molecule has 0 bridgehead atoms. The number of rotatable bonds is 1. The van der Waals surface area contributed by atoms with Crippen LogP contribution >= 0.6 is 0 Å². The van der Waals surface area contributed by atoms with Gasteiger partial charge in [-0.3, -0.25) is 0 Å². The minimum Gasteiger partial charge on any atom is -0.348 e. The second kappa shape index (κ2) is 3.88. The summed E-state index contributed by atoms with van der Waals surface area (Å²) >= 11 is 0. The molecular weight excluding hydrogens is 208 g/mol. The SMILES string of the molecule is Cc1ccc2c(c1)c(C1CCNC1)c(C)n2C. The number of benzene rings is 1. The van der Waals surface area contributed by atoms with E-state index < -0.39 is 0 Å². The molecule has 0 aliphatic carbocycles. The van der Waals surface area contributed by atoms with Crippen LogP contribution in [0.5, 0.6) is 0 Å². The Labute approximate surface area is 103 Å². The minimum absolute atomic E-state index is 0.695. The first-order valence-corrected chi connectivity index (χ1v) is 6.44. The molecule has 1 atom stereocenters. The zero-order valence-corrected chi connectivity index (χ0v) is 10.9. The van der Waals surface area contributed by atoms with Gasteiger partial charge in [-0.05, 0) is 50.4 Å². The number of aryl methyl sites for hydroxylation is 2. The van der Waals surface area contributed by atoms with E-state index in [9.17, 15) is 0 Å². The number of fused-ring (bicyclic) bond motifs is 1. The van der Waals surface area contributed by atoms with Crippen LogP contribution in [0.1, 0.15) is 29.2 Å². The van der Waals surface area contributed by atoms with Gasteiger partial charge in [0.05, 0.1) is 0 Å². The fourth-order valence-electron chi connectivity index (χ4n) is 3.13. The second-order valence-electron chi connectivity index (χ2n) is 5.27. The van der Waals surface area contributed by atoms with Gasteiger partial charge in [-0.25, -0.2) is 0 Å². The van der Waals surface area contributed by atoms with Crippen LogP contribution in [0.15, 0.2) is 18.2 Å². The van der Waals surface area contributed by atoms with Crippen molar-refractivity contribution >= 4 is 10.9 Å². The van der Waals surface area contributed by atoms with Gasteiger partial charge < -0.3 is 9.88 Å². The van der Waals surface area contributed by atoms with Gasteiger partial charge in [-0.2, -0.15) is 0 Å². The predicted molar refractivity (Wildman–Crippen MR) is 72.6 cm³/mol. The molecule has 3 rings (SSSR count). The van der Waals surface area contributed by atoms with Gasteiger partial charge >= 0.3 is 0 Å². The first-order valence-electron chi connectivity index (χ1n) is 6.44. The molecule has 0 radical (unpaired) electrons. The van der Waals surface area contributed by atoms with Gasteiger partial charge in [0.25, 0.3) is 0 Å². The van der Waals surface area contributed by atoms with Crippen LogP contribution in [0.3, 0.4) is 0 Å². The van der Waals surface area contributed by atoms with Crippen molar-refractivity contribution in [3.63, 3.8) is 0 Å². The smallest absolute Gasteiger partial charge is 0.0482 e. The van der Waals surface area contributed by atoms with Crippen molar-refractivity contribution in [3.8, 4) is 0 Å². The monoisotopic (exact) mass is 228 g/mol. The molecule has 0 spiro atoms. The quantitative estimate of drug-likeness (QED) is 0.794. The van der Waals surface area contributed by atoms with E-state index in [-0.39, 0.29) is 0 Å². The molecular formula is C15H20N2. The van der Waals surface area contributed by atoms with Gasteiger partial charge in [-0.1, -0.05) is 11.6 Å². The van der Waals surface area contributed by atoms with E-state index in [2.05, 4.69) is 49.0 Å². The van der Waals surface area contributed by atoms with Crippen LogP contribution in [-0.4, -0.2) is 17.7 Å². The first-order chi connectivity index (χ1) is 8.18. The highest BCUT2D eigenvalue weighted by Gasteiger charge is 2.23. The fourth-order valence-corrected chi connectivity index (χ4v) is 3.13. The zero-order chi connectivity index (χ0) is 12.0. The second-order valence-corrected chi connectivity index (χ2v) is 5.27. The normalized spacial score (nSPS) is 20.3. The predicted octanol–water partition coefficient (Wildman–Crippen LogP) is 2.87. The summed E-state index contributed by atoms with van der Waals surface area (Å²) in [5, 5.41) is 4.93. The van der Waals surface area contributed by atoms with Crippen LogP contribution in [0.25, 0.3) is 10.9 Å². The number of nitrogens with one attached hydrogen (secondary N) is 1. The Kier molecular flexibility index (Phi) is 2.48. The molecule has 2 heteroatoms. The van der Waals surface area contributed by atoms with Gasteiger partial charge in [-0.15, -0.1) is 0 Å². The average Bonchev–Trinajstić information content (AvgIpc) is 2.88. The average molecular weight is 228 g/mol. The van der Waals surface area contributed by atoms with Crippen molar-refractivity contribution in [1.29, 1.82) is 0 Å². The topological polar surface area (TPSA) is 17.0 Å². The van der Waals surface area contributed by atoms with Crippen LogP contribution in [0, 0.1) is 13.8 Å². The summed E-state index contributed by atoms with van der Waals surface area (Å²) in [4.78, 5) is 0. The Bertz CT molecular complexity index is 560. The molecule has 1 N–H and O–H groups in total. The molecule has 2 aromatic rings. The third-order valence-corrected chi connectivity index (χ3v) is 4.17. The molecule has 0 amide bonds. The zero-order valence-electron chi connectivity index (χ0n) is 10.9. The summed E-state index contributed by atoms with van der Waals surface area (Å²) in [7, 11) is 2.18. The molecule has 2 heterocycles. The van der Waals surface area contributed by atoms with Crippen LogP contribution in [-0.2, 0) is 7.05 Å². The third kappa shape index (κ3) is 1.59. The van der Waals surface area contributed by atoms with Gasteiger partial charge in [0.2, 0.25) is 0 Å². The number of hydrogen-bond acceptors (Lipinski definition) is 1. The maximum Gasteiger partial charge on any atom is 0.0482 e. The summed E-state index contributed by atoms with van der Waals surface area (Å²) < 4.78 is 2.34. The maximum atomic E-state index is 3.48. The molecule has 90 valence electrons. The van der Waals surface area contributed by atoms with E-state index in [1.165, 1.54) is 28.6 Å².